The fourth-order valence-electron chi connectivity index (χ4n) is 5.30. The van der Waals surface area contributed by atoms with Crippen molar-refractivity contribution >= 4 is 40.8 Å². The van der Waals surface area contributed by atoms with Crippen LogP contribution in [-0.2, 0) is 9.59 Å². The molecule has 0 atom stereocenters. The maximum atomic E-state index is 13.3. The predicted molar refractivity (Wildman–Crippen MR) is 144 cm³/mol. The molecule has 0 unspecified atom stereocenters. The molecule has 2 aromatic carbocycles. The molecule has 196 valence electrons. The van der Waals surface area contributed by atoms with Gasteiger partial charge in [0.15, 0.2) is 0 Å². The molecule has 2 heterocycles. The van der Waals surface area contributed by atoms with Crippen LogP contribution in [0.15, 0.2) is 36.4 Å². The van der Waals surface area contributed by atoms with E-state index in [1.165, 1.54) is 13.8 Å². The van der Waals surface area contributed by atoms with Crippen molar-refractivity contribution in [2.45, 2.75) is 47.0 Å². The SMILES string of the molecule is CC(=O)Nc1ccc(C(=O)N2CCC3(CCN(C(=O)Nc4ccc(C)cc4C)CC3)C2)cc1NC(C)=O. The molecule has 37 heavy (non-hydrogen) atoms. The number of rotatable bonds is 4. The first-order valence-electron chi connectivity index (χ1n) is 12.7. The number of nitrogens with zero attached hydrogens (tertiary/aromatic N) is 2. The number of hydrogen-bond acceptors (Lipinski definition) is 4. The Morgan fingerprint density at radius 1 is 0.730 bits per heavy atom. The molecule has 0 radical (unpaired) electrons. The van der Waals surface area contributed by atoms with E-state index in [0.29, 0.717) is 43.1 Å². The Kier molecular flexibility index (Phi) is 7.52. The normalized spacial score (nSPS) is 16.4. The second-order valence-corrected chi connectivity index (χ2v) is 10.3. The number of amides is 5. The minimum atomic E-state index is -0.287. The number of carbonyl (C=O) groups excluding carboxylic acids is 4. The predicted octanol–water partition coefficient (Wildman–Crippen LogP) is 4.38. The maximum absolute atomic E-state index is 13.3. The quantitative estimate of drug-likeness (QED) is 0.573. The zero-order valence-corrected chi connectivity index (χ0v) is 21.9. The van der Waals surface area contributed by atoms with Gasteiger partial charge < -0.3 is 25.8 Å². The van der Waals surface area contributed by atoms with Crippen LogP contribution in [-0.4, -0.2) is 59.7 Å². The topological polar surface area (TPSA) is 111 Å². The highest BCUT2D eigenvalue weighted by atomic mass is 16.2. The van der Waals surface area contributed by atoms with E-state index < -0.39 is 0 Å². The first-order chi connectivity index (χ1) is 17.5. The van der Waals surface area contributed by atoms with Crippen LogP contribution in [0.25, 0.3) is 0 Å². The fourth-order valence-corrected chi connectivity index (χ4v) is 5.30. The Balaban J connectivity index is 1.37. The fraction of sp³-hybridized carbons (Fsp3) is 0.429. The summed E-state index contributed by atoms with van der Waals surface area (Å²) in [6.45, 7) is 9.38. The Hall–Kier alpha value is -3.88. The molecule has 1 spiro atoms. The standard InChI is InChI=1S/C28H35N5O4/c1-18-5-7-23(19(2)15-18)31-27(37)32-12-9-28(10-13-32)11-14-33(17-28)26(36)22-6-8-24(29-20(3)34)25(16-22)30-21(4)35/h5-8,15-16H,9-14,17H2,1-4H3,(H,29,34)(H,30,35)(H,31,37). The summed E-state index contributed by atoms with van der Waals surface area (Å²) in [7, 11) is 0. The van der Waals surface area contributed by atoms with Gasteiger partial charge in [-0.3, -0.25) is 14.4 Å². The van der Waals surface area contributed by atoms with Gasteiger partial charge in [-0.1, -0.05) is 17.7 Å². The molecule has 5 amide bonds. The highest BCUT2D eigenvalue weighted by molar-refractivity contribution is 6.02. The van der Waals surface area contributed by atoms with Gasteiger partial charge in [-0.05, 0) is 68.4 Å². The monoisotopic (exact) mass is 505 g/mol. The van der Waals surface area contributed by atoms with Gasteiger partial charge in [0, 0.05) is 51.3 Å². The van der Waals surface area contributed by atoms with Gasteiger partial charge in [-0.25, -0.2) is 4.79 Å². The van der Waals surface area contributed by atoms with Crippen LogP contribution in [0.2, 0.25) is 0 Å². The molecule has 0 bridgehead atoms. The zero-order chi connectivity index (χ0) is 26.7. The molecule has 0 aromatic heterocycles. The van der Waals surface area contributed by atoms with Gasteiger partial charge in [-0.15, -0.1) is 0 Å². The van der Waals surface area contributed by atoms with Crippen molar-refractivity contribution in [1.82, 2.24) is 9.80 Å². The number of piperidine rings is 1. The summed E-state index contributed by atoms with van der Waals surface area (Å²) in [5.74, 6) is -0.654. The average Bonchev–Trinajstić information content (AvgIpc) is 3.24. The smallest absolute Gasteiger partial charge is 0.321 e. The Morgan fingerprint density at radius 2 is 1.32 bits per heavy atom. The van der Waals surface area contributed by atoms with E-state index in [-0.39, 0.29) is 29.2 Å². The first-order valence-corrected chi connectivity index (χ1v) is 12.7. The van der Waals surface area contributed by atoms with E-state index >= 15 is 0 Å². The molecule has 3 N–H and O–H groups in total. The third-order valence-corrected chi connectivity index (χ3v) is 7.35. The molecule has 9 heteroatoms. The van der Waals surface area contributed by atoms with E-state index in [1.807, 2.05) is 35.8 Å². The van der Waals surface area contributed by atoms with Gasteiger partial charge >= 0.3 is 6.03 Å². The number of likely N-dealkylation sites (tertiary alicyclic amines) is 2. The van der Waals surface area contributed by atoms with E-state index in [2.05, 4.69) is 22.0 Å². The molecule has 2 fully saturated rings. The first kappa shape index (κ1) is 26.2. The van der Waals surface area contributed by atoms with Crippen molar-refractivity contribution in [2.75, 3.05) is 42.1 Å². The number of urea groups is 1. The van der Waals surface area contributed by atoms with Crippen LogP contribution in [0, 0.1) is 19.3 Å². The summed E-state index contributed by atoms with van der Waals surface area (Å²) in [6.07, 6.45) is 2.58. The van der Waals surface area contributed by atoms with Crippen molar-refractivity contribution in [3.8, 4) is 0 Å². The lowest BCUT2D eigenvalue weighted by atomic mass is 9.78. The van der Waals surface area contributed by atoms with Crippen LogP contribution in [0.4, 0.5) is 21.9 Å². The minimum Gasteiger partial charge on any atom is -0.338 e. The number of benzene rings is 2. The van der Waals surface area contributed by atoms with E-state index in [4.69, 9.17) is 0 Å². The van der Waals surface area contributed by atoms with Crippen molar-refractivity contribution in [2.24, 2.45) is 5.41 Å². The second kappa shape index (κ2) is 10.6. The molecular weight excluding hydrogens is 470 g/mol. The van der Waals surface area contributed by atoms with Crippen LogP contribution in [0.3, 0.4) is 0 Å². The van der Waals surface area contributed by atoms with E-state index in [0.717, 1.165) is 36.1 Å². The lowest BCUT2D eigenvalue weighted by Gasteiger charge is -2.39. The number of anilines is 3. The largest absolute Gasteiger partial charge is 0.338 e. The van der Waals surface area contributed by atoms with Gasteiger partial charge in [-0.2, -0.15) is 0 Å². The van der Waals surface area contributed by atoms with E-state index in [9.17, 15) is 19.2 Å². The molecule has 2 aliphatic rings. The molecular formula is C28H35N5O4. The average molecular weight is 506 g/mol. The summed E-state index contributed by atoms with van der Waals surface area (Å²) in [5, 5.41) is 8.41. The maximum Gasteiger partial charge on any atom is 0.321 e. The van der Waals surface area contributed by atoms with Crippen LogP contribution >= 0.6 is 0 Å². The number of hydrogen-bond donors (Lipinski definition) is 3. The van der Waals surface area contributed by atoms with Crippen LogP contribution in [0.5, 0.6) is 0 Å². The number of nitrogens with one attached hydrogen (secondary N) is 3. The lowest BCUT2D eigenvalue weighted by Crippen LogP contribution is -2.46. The molecule has 2 aromatic rings. The highest BCUT2D eigenvalue weighted by Crippen LogP contribution is 2.41. The molecule has 2 aliphatic heterocycles. The van der Waals surface area contributed by atoms with Gasteiger partial charge in [0.05, 0.1) is 11.4 Å². The Morgan fingerprint density at radius 3 is 1.95 bits per heavy atom. The molecule has 9 nitrogen and oxygen atoms in total. The number of carbonyl (C=O) groups is 4. The summed E-state index contributed by atoms with van der Waals surface area (Å²) >= 11 is 0. The third kappa shape index (κ3) is 6.10. The number of aryl methyl sites for hydroxylation is 2. The third-order valence-electron chi connectivity index (χ3n) is 7.35. The lowest BCUT2D eigenvalue weighted by molar-refractivity contribution is -0.115. The van der Waals surface area contributed by atoms with Crippen molar-refractivity contribution < 1.29 is 19.2 Å². The summed E-state index contributed by atoms with van der Waals surface area (Å²) in [6, 6.07) is 10.8. The Labute approximate surface area is 217 Å². The van der Waals surface area contributed by atoms with Crippen LogP contribution < -0.4 is 16.0 Å². The molecule has 4 rings (SSSR count). The summed E-state index contributed by atoms with van der Waals surface area (Å²) < 4.78 is 0. The molecule has 0 aliphatic carbocycles. The van der Waals surface area contributed by atoms with Crippen molar-refractivity contribution in [3.05, 3.63) is 53.1 Å². The van der Waals surface area contributed by atoms with Gasteiger partial charge in [0.25, 0.3) is 5.91 Å². The summed E-state index contributed by atoms with van der Waals surface area (Å²) in [4.78, 5) is 53.1. The second-order valence-electron chi connectivity index (χ2n) is 10.3. The van der Waals surface area contributed by atoms with Gasteiger partial charge in [0.2, 0.25) is 11.8 Å². The zero-order valence-electron chi connectivity index (χ0n) is 21.9. The Bertz CT molecular complexity index is 1230. The minimum absolute atomic E-state index is 0.00278. The van der Waals surface area contributed by atoms with Crippen molar-refractivity contribution in [3.63, 3.8) is 0 Å². The highest BCUT2D eigenvalue weighted by Gasteiger charge is 2.43. The van der Waals surface area contributed by atoms with E-state index in [1.54, 1.807) is 18.2 Å². The molecule has 0 saturated carbocycles. The van der Waals surface area contributed by atoms with Gasteiger partial charge in [0.1, 0.15) is 0 Å². The van der Waals surface area contributed by atoms with Crippen molar-refractivity contribution in [1.29, 1.82) is 0 Å². The molecule has 2 saturated heterocycles. The van der Waals surface area contributed by atoms with Crippen LogP contribution in [0.1, 0.15) is 54.6 Å². The summed E-state index contributed by atoms with van der Waals surface area (Å²) in [5.41, 5.74) is 4.33.